The molecule has 15 heavy (non-hydrogen) atoms. The highest BCUT2D eigenvalue weighted by Gasteiger charge is 2.10. The summed E-state index contributed by atoms with van der Waals surface area (Å²) in [6.45, 7) is 2.85. The first-order valence-electron chi connectivity index (χ1n) is 4.81. The average Bonchev–Trinajstić information content (AvgIpc) is 2.83. The summed E-state index contributed by atoms with van der Waals surface area (Å²) >= 11 is 1.58. The molecule has 0 fully saturated rings. The zero-order valence-corrected chi connectivity index (χ0v) is 9.60. The van der Waals surface area contributed by atoms with Gasteiger partial charge in [0.05, 0.1) is 22.3 Å². The third kappa shape index (κ3) is 2.24. The van der Waals surface area contributed by atoms with Gasteiger partial charge >= 0.3 is 0 Å². The number of hydrogen-bond acceptors (Lipinski definition) is 5. The molecule has 0 radical (unpaired) electrons. The molecule has 4 nitrogen and oxygen atoms in total. The van der Waals surface area contributed by atoms with E-state index >= 15 is 0 Å². The maximum Gasteiger partial charge on any atom is 0.196 e. The fourth-order valence-corrected chi connectivity index (χ4v) is 2.05. The minimum absolute atomic E-state index is 0.771. The topological polar surface area (TPSA) is 51.0 Å². The lowest BCUT2D eigenvalue weighted by Gasteiger charge is -1.94. The number of oxazole rings is 1. The monoisotopic (exact) mass is 223 g/mol. The predicted molar refractivity (Wildman–Crippen MR) is 60.0 cm³/mol. The number of likely N-dealkylation sites (N-methyl/N-ethyl adjacent to an activating group) is 1. The van der Waals surface area contributed by atoms with Crippen LogP contribution in [-0.4, -0.2) is 23.6 Å². The Labute approximate surface area is 92.4 Å². The molecule has 0 amide bonds. The van der Waals surface area contributed by atoms with E-state index in [-0.39, 0.29) is 0 Å². The average molecular weight is 223 g/mol. The number of aromatic nitrogens is 2. The number of nitrogens with zero attached hydrogens (tertiary/aromatic N) is 2. The Kier molecular flexibility index (Phi) is 3.13. The molecule has 0 bridgehead atoms. The Bertz CT molecular complexity index is 435. The Hall–Kier alpha value is -1.20. The normalized spacial score (nSPS) is 10.8. The Morgan fingerprint density at radius 3 is 3.00 bits per heavy atom. The molecule has 0 saturated heterocycles. The van der Waals surface area contributed by atoms with Crippen molar-refractivity contribution in [3.63, 3.8) is 0 Å². The van der Waals surface area contributed by atoms with E-state index in [1.54, 1.807) is 17.5 Å². The van der Waals surface area contributed by atoms with Crippen LogP contribution in [0.25, 0.3) is 10.6 Å². The lowest BCUT2D eigenvalue weighted by atomic mass is 10.3. The van der Waals surface area contributed by atoms with E-state index in [1.807, 2.05) is 19.5 Å². The molecule has 2 aromatic rings. The van der Waals surface area contributed by atoms with Crippen LogP contribution in [0.2, 0.25) is 0 Å². The van der Waals surface area contributed by atoms with Gasteiger partial charge in [0.2, 0.25) is 0 Å². The van der Waals surface area contributed by atoms with Crippen LogP contribution in [0.3, 0.4) is 0 Å². The third-order valence-electron chi connectivity index (χ3n) is 2.11. The van der Waals surface area contributed by atoms with Crippen molar-refractivity contribution in [1.82, 2.24) is 15.3 Å². The van der Waals surface area contributed by atoms with Crippen molar-refractivity contribution in [2.75, 3.05) is 13.6 Å². The SMILES string of the molecule is CNCCc1ncc(-c2scnc2C)o1. The Morgan fingerprint density at radius 2 is 2.33 bits per heavy atom. The second-order valence-electron chi connectivity index (χ2n) is 3.24. The van der Waals surface area contributed by atoms with Crippen molar-refractivity contribution in [2.45, 2.75) is 13.3 Å². The minimum Gasteiger partial charge on any atom is -0.440 e. The Morgan fingerprint density at radius 1 is 1.47 bits per heavy atom. The van der Waals surface area contributed by atoms with Crippen LogP contribution in [0.15, 0.2) is 16.1 Å². The minimum atomic E-state index is 0.771. The zero-order chi connectivity index (χ0) is 10.7. The van der Waals surface area contributed by atoms with Gasteiger partial charge in [-0.15, -0.1) is 11.3 Å². The lowest BCUT2D eigenvalue weighted by Crippen LogP contribution is -2.10. The number of rotatable bonds is 4. The van der Waals surface area contributed by atoms with E-state index in [4.69, 9.17) is 4.42 Å². The van der Waals surface area contributed by atoms with E-state index in [0.29, 0.717) is 0 Å². The summed E-state index contributed by atoms with van der Waals surface area (Å²) in [5, 5.41) is 3.06. The smallest absolute Gasteiger partial charge is 0.196 e. The molecule has 0 atom stereocenters. The number of hydrogen-bond donors (Lipinski definition) is 1. The quantitative estimate of drug-likeness (QED) is 0.859. The highest BCUT2D eigenvalue weighted by molar-refractivity contribution is 7.13. The molecule has 0 spiro atoms. The Balaban J connectivity index is 2.17. The van der Waals surface area contributed by atoms with Crippen LogP contribution in [0.5, 0.6) is 0 Å². The first kappa shape index (κ1) is 10.3. The molecule has 2 aromatic heterocycles. The maximum atomic E-state index is 5.63. The van der Waals surface area contributed by atoms with E-state index in [1.165, 1.54) is 0 Å². The standard InChI is InChI=1S/C10H13N3OS/c1-7-10(15-6-13-7)8-5-12-9(14-8)3-4-11-2/h5-6,11H,3-4H2,1-2H3. The molecule has 0 aromatic carbocycles. The van der Waals surface area contributed by atoms with Crippen molar-refractivity contribution >= 4 is 11.3 Å². The van der Waals surface area contributed by atoms with Crippen molar-refractivity contribution < 1.29 is 4.42 Å². The largest absolute Gasteiger partial charge is 0.440 e. The predicted octanol–water partition coefficient (Wildman–Crippen LogP) is 1.87. The highest BCUT2D eigenvalue weighted by Crippen LogP contribution is 2.27. The van der Waals surface area contributed by atoms with E-state index in [2.05, 4.69) is 15.3 Å². The summed E-state index contributed by atoms with van der Waals surface area (Å²) in [5.41, 5.74) is 2.82. The van der Waals surface area contributed by atoms with Gasteiger partial charge in [-0.3, -0.25) is 0 Å². The molecule has 1 N–H and O–H groups in total. The third-order valence-corrected chi connectivity index (χ3v) is 3.05. The van der Waals surface area contributed by atoms with E-state index in [9.17, 15) is 0 Å². The van der Waals surface area contributed by atoms with Gasteiger partial charge in [-0.25, -0.2) is 9.97 Å². The second-order valence-corrected chi connectivity index (χ2v) is 4.09. The van der Waals surface area contributed by atoms with Gasteiger partial charge in [-0.2, -0.15) is 0 Å². The van der Waals surface area contributed by atoms with Crippen molar-refractivity contribution in [2.24, 2.45) is 0 Å². The van der Waals surface area contributed by atoms with E-state index in [0.717, 1.165) is 35.2 Å². The molecule has 0 aliphatic rings. The van der Waals surface area contributed by atoms with Crippen LogP contribution in [-0.2, 0) is 6.42 Å². The summed E-state index contributed by atoms with van der Waals surface area (Å²) in [6.07, 6.45) is 2.58. The lowest BCUT2D eigenvalue weighted by molar-refractivity contribution is 0.501. The molecule has 2 rings (SSSR count). The first-order valence-corrected chi connectivity index (χ1v) is 5.69. The number of thiazole rings is 1. The van der Waals surface area contributed by atoms with Crippen molar-refractivity contribution in [3.05, 3.63) is 23.3 Å². The first-order chi connectivity index (χ1) is 7.31. The fraction of sp³-hybridized carbons (Fsp3) is 0.400. The summed E-state index contributed by atoms with van der Waals surface area (Å²) in [4.78, 5) is 9.47. The van der Waals surface area contributed by atoms with Crippen LogP contribution >= 0.6 is 11.3 Å². The van der Waals surface area contributed by atoms with Gasteiger partial charge < -0.3 is 9.73 Å². The van der Waals surface area contributed by atoms with Crippen LogP contribution in [0, 0.1) is 6.92 Å². The van der Waals surface area contributed by atoms with Gasteiger partial charge in [-0.05, 0) is 14.0 Å². The zero-order valence-electron chi connectivity index (χ0n) is 8.78. The van der Waals surface area contributed by atoms with Gasteiger partial charge in [-0.1, -0.05) is 0 Å². The molecular formula is C10H13N3OS. The molecule has 80 valence electrons. The van der Waals surface area contributed by atoms with Gasteiger partial charge in [0.25, 0.3) is 0 Å². The van der Waals surface area contributed by atoms with Crippen LogP contribution < -0.4 is 5.32 Å². The molecule has 2 heterocycles. The summed E-state index contributed by atoms with van der Waals surface area (Å²) in [6, 6.07) is 0. The van der Waals surface area contributed by atoms with Crippen molar-refractivity contribution in [1.29, 1.82) is 0 Å². The van der Waals surface area contributed by atoms with Gasteiger partial charge in [0.15, 0.2) is 11.7 Å². The van der Waals surface area contributed by atoms with Gasteiger partial charge in [0, 0.05) is 13.0 Å². The molecular weight excluding hydrogens is 210 g/mol. The fourth-order valence-electron chi connectivity index (χ4n) is 1.30. The van der Waals surface area contributed by atoms with E-state index < -0.39 is 0 Å². The van der Waals surface area contributed by atoms with Gasteiger partial charge in [0.1, 0.15) is 0 Å². The summed E-state index contributed by atoms with van der Waals surface area (Å²) < 4.78 is 5.63. The summed E-state index contributed by atoms with van der Waals surface area (Å²) in [7, 11) is 1.91. The molecule has 0 aliphatic heterocycles. The van der Waals surface area contributed by atoms with Crippen LogP contribution in [0.4, 0.5) is 0 Å². The number of nitrogens with one attached hydrogen (secondary N) is 1. The molecule has 0 aliphatic carbocycles. The van der Waals surface area contributed by atoms with Crippen LogP contribution in [0.1, 0.15) is 11.6 Å². The maximum absolute atomic E-state index is 5.63. The number of aryl methyl sites for hydroxylation is 1. The summed E-state index contributed by atoms with van der Waals surface area (Å²) in [5.74, 6) is 1.59. The highest BCUT2D eigenvalue weighted by atomic mass is 32.1. The molecule has 0 unspecified atom stereocenters. The molecule has 5 heteroatoms. The van der Waals surface area contributed by atoms with Crippen molar-refractivity contribution in [3.8, 4) is 10.6 Å². The molecule has 0 saturated carbocycles. The second kappa shape index (κ2) is 4.55.